The summed E-state index contributed by atoms with van der Waals surface area (Å²) in [5.74, 6) is -0.456. The van der Waals surface area contributed by atoms with E-state index in [2.05, 4.69) is 16.3 Å². The van der Waals surface area contributed by atoms with Crippen molar-refractivity contribution in [3.63, 3.8) is 0 Å². The highest BCUT2D eigenvalue weighted by Gasteiger charge is 2.33. The predicted molar refractivity (Wildman–Crippen MR) is 103 cm³/mol. The molecule has 2 aromatic carbocycles. The van der Waals surface area contributed by atoms with Crippen LogP contribution in [0.5, 0.6) is 0 Å². The minimum absolute atomic E-state index is 0.0525. The second-order valence-corrected chi connectivity index (χ2v) is 6.95. The predicted octanol–water partition coefficient (Wildman–Crippen LogP) is 3.33. The van der Waals surface area contributed by atoms with Crippen molar-refractivity contribution in [2.45, 2.75) is 12.7 Å². The zero-order valence-electron chi connectivity index (χ0n) is 15.7. The Labute approximate surface area is 167 Å². The molecule has 0 atom stereocenters. The Morgan fingerprint density at radius 3 is 2.24 bits per heavy atom. The zero-order chi connectivity index (χ0) is 20.9. The van der Waals surface area contributed by atoms with Crippen LogP contribution in [0.4, 0.5) is 18.9 Å². The first kappa shape index (κ1) is 20.8. The van der Waals surface area contributed by atoms with E-state index in [1.807, 2.05) is 17.0 Å². The van der Waals surface area contributed by atoms with E-state index in [4.69, 9.17) is 5.26 Å². The van der Waals surface area contributed by atoms with Crippen molar-refractivity contribution in [1.82, 2.24) is 9.80 Å². The molecule has 5 nitrogen and oxygen atoms in total. The van der Waals surface area contributed by atoms with Gasteiger partial charge >= 0.3 is 6.18 Å². The van der Waals surface area contributed by atoms with Crippen LogP contribution in [0.15, 0.2) is 48.5 Å². The van der Waals surface area contributed by atoms with Crippen LogP contribution >= 0.6 is 0 Å². The maximum absolute atomic E-state index is 13.0. The van der Waals surface area contributed by atoms with Crippen molar-refractivity contribution in [3.8, 4) is 6.07 Å². The molecule has 0 aliphatic carbocycles. The molecule has 3 rings (SSSR count). The highest BCUT2D eigenvalue weighted by Crippen LogP contribution is 2.34. The first-order valence-electron chi connectivity index (χ1n) is 9.25. The number of nitrogens with zero attached hydrogens (tertiary/aromatic N) is 3. The Hall–Kier alpha value is -2.89. The lowest BCUT2D eigenvalue weighted by atomic mass is 10.1. The van der Waals surface area contributed by atoms with Crippen LogP contribution in [0.3, 0.4) is 0 Å². The van der Waals surface area contributed by atoms with Gasteiger partial charge in [-0.15, -0.1) is 0 Å². The van der Waals surface area contributed by atoms with Gasteiger partial charge in [0.1, 0.15) is 0 Å². The monoisotopic (exact) mass is 402 g/mol. The lowest BCUT2D eigenvalue weighted by Crippen LogP contribution is -2.48. The van der Waals surface area contributed by atoms with Gasteiger partial charge in [0.05, 0.1) is 29.4 Å². The number of amides is 1. The number of halogens is 3. The Morgan fingerprint density at radius 2 is 1.62 bits per heavy atom. The second-order valence-electron chi connectivity index (χ2n) is 6.95. The van der Waals surface area contributed by atoms with Gasteiger partial charge in [-0.2, -0.15) is 18.4 Å². The van der Waals surface area contributed by atoms with Gasteiger partial charge in [-0.1, -0.05) is 24.3 Å². The van der Waals surface area contributed by atoms with E-state index in [1.165, 1.54) is 18.2 Å². The molecule has 0 unspecified atom stereocenters. The summed E-state index contributed by atoms with van der Waals surface area (Å²) >= 11 is 0. The molecular formula is C21H21F3N4O. The van der Waals surface area contributed by atoms with Crippen molar-refractivity contribution < 1.29 is 18.0 Å². The summed E-state index contributed by atoms with van der Waals surface area (Å²) < 4.78 is 39.1. The van der Waals surface area contributed by atoms with E-state index in [0.717, 1.165) is 31.3 Å². The van der Waals surface area contributed by atoms with Gasteiger partial charge in [-0.3, -0.25) is 14.6 Å². The van der Waals surface area contributed by atoms with Crippen molar-refractivity contribution in [2.75, 3.05) is 38.0 Å². The van der Waals surface area contributed by atoms with Gasteiger partial charge in [-0.25, -0.2) is 0 Å². The fourth-order valence-electron chi connectivity index (χ4n) is 3.28. The summed E-state index contributed by atoms with van der Waals surface area (Å²) in [6.45, 7) is 3.63. The van der Waals surface area contributed by atoms with Crippen LogP contribution in [0, 0.1) is 11.3 Å². The average molecular weight is 402 g/mol. The third-order valence-corrected chi connectivity index (χ3v) is 4.83. The number of para-hydroxylation sites is 1. The molecule has 0 spiro atoms. The Bertz CT molecular complexity index is 882. The van der Waals surface area contributed by atoms with Crippen LogP contribution in [0.1, 0.15) is 16.7 Å². The van der Waals surface area contributed by atoms with Gasteiger partial charge in [0, 0.05) is 32.7 Å². The maximum Gasteiger partial charge on any atom is 0.418 e. The van der Waals surface area contributed by atoms with Crippen LogP contribution in [0.25, 0.3) is 0 Å². The number of anilines is 1. The molecule has 1 fully saturated rings. The number of benzene rings is 2. The van der Waals surface area contributed by atoms with Crippen LogP contribution in [-0.4, -0.2) is 48.4 Å². The third-order valence-electron chi connectivity index (χ3n) is 4.83. The number of hydrogen-bond donors (Lipinski definition) is 1. The van der Waals surface area contributed by atoms with Crippen molar-refractivity contribution in [1.29, 1.82) is 5.26 Å². The van der Waals surface area contributed by atoms with Gasteiger partial charge < -0.3 is 5.32 Å². The Balaban J connectivity index is 1.48. The lowest BCUT2D eigenvalue weighted by molar-refractivity contribution is -0.137. The minimum atomic E-state index is -4.51. The molecule has 29 heavy (non-hydrogen) atoms. The molecule has 0 aromatic heterocycles. The molecule has 1 saturated heterocycles. The molecule has 0 saturated carbocycles. The molecule has 152 valence electrons. The number of carbonyl (C=O) groups excluding carboxylic acids is 1. The van der Waals surface area contributed by atoms with Crippen molar-refractivity contribution in [3.05, 3.63) is 65.2 Å². The van der Waals surface area contributed by atoms with E-state index in [1.54, 1.807) is 12.1 Å². The molecule has 0 radical (unpaired) electrons. The topological polar surface area (TPSA) is 59.4 Å². The molecule has 0 bridgehead atoms. The molecule has 1 heterocycles. The van der Waals surface area contributed by atoms with E-state index >= 15 is 0 Å². The van der Waals surface area contributed by atoms with Gasteiger partial charge in [0.15, 0.2) is 0 Å². The number of nitriles is 1. The summed E-state index contributed by atoms with van der Waals surface area (Å²) in [6, 6.07) is 14.5. The minimum Gasteiger partial charge on any atom is -0.324 e. The first-order valence-corrected chi connectivity index (χ1v) is 9.25. The van der Waals surface area contributed by atoms with E-state index in [0.29, 0.717) is 18.7 Å². The molecule has 8 heteroatoms. The fourth-order valence-corrected chi connectivity index (χ4v) is 3.28. The molecule has 2 aromatic rings. The molecule has 1 aliphatic heterocycles. The molecule has 1 amide bonds. The Kier molecular flexibility index (Phi) is 6.52. The highest BCUT2D eigenvalue weighted by molar-refractivity contribution is 5.93. The smallest absolute Gasteiger partial charge is 0.324 e. The SMILES string of the molecule is N#Cc1ccc(CN2CCN(CC(=O)Nc3ccccc3C(F)(F)F)CC2)cc1. The van der Waals surface area contributed by atoms with Crippen molar-refractivity contribution in [2.24, 2.45) is 0 Å². The van der Waals surface area contributed by atoms with Crippen LogP contribution in [-0.2, 0) is 17.5 Å². The number of hydrogen-bond acceptors (Lipinski definition) is 4. The Morgan fingerprint density at radius 1 is 1.00 bits per heavy atom. The first-order chi connectivity index (χ1) is 13.8. The van der Waals surface area contributed by atoms with Gasteiger partial charge in [0.2, 0.25) is 5.91 Å². The third kappa shape index (κ3) is 5.79. The van der Waals surface area contributed by atoms with E-state index in [-0.39, 0.29) is 12.2 Å². The van der Waals surface area contributed by atoms with Crippen molar-refractivity contribution >= 4 is 11.6 Å². The number of piperazine rings is 1. The van der Waals surface area contributed by atoms with Crippen LogP contribution in [0.2, 0.25) is 0 Å². The lowest BCUT2D eigenvalue weighted by Gasteiger charge is -2.34. The fraction of sp³-hybridized carbons (Fsp3) is 0.333. The standard InChI is InChI=1S/C21H21F3N4O/c22-21(23,24)18-3-1-2-4-19(18)26-20(29)15-28-11-9-27(10-12-28)14-17-7-5-16(13-25)6-8-17/h1-8H,9-12,14-15H2,(H,26,29). The molecular weight excluding hydrogens is 381 g/mol. The largest absolute Gasteiger partial charge is 0.418 e. The number of rotatable bonds is 5. The summed E-state index contributed by atoms with van der Waals surface area (Å²) in [5.41, 5.74) is 0.667. The van der Waals surface area contributed by atoms with Crippen LogP contribution < -0.4 is 5.32 Å². The quantitative estimate of drug-likeness (QED) is 0.834. The maximum atomic E-state index is 13.0. The highest BCUT2D eigenvalue weighted by atomic mass is 19.4. The number of alkyl halides is 3. The van der Waals surface area contributed by atoms with E-state index in [9.17, 15) is 18.0 Å². The number of carbonyl (C=O) groups is 1. The van der Waals surface area contributed by atoms with Gasteiger partial charge in [-0.05, 0) is 29.8 Å². The second kappa shape index (κ2) is 9.07. The summed E-state index contributed by atoms with van der Waals surface area (Å²) in [4.78, 5) is 16.4. The molecule has 1 aliphatic rings. The molecule has 1 N–H and O–H groups in total. The van der Waals surface area contributed by atoms with E-state index < -0.39 is 17.6 Å². The number of nitrogens with one attached hydrogen (secondary N) is 1. The zero-order valence-corrected chi connectivity index (χ0v) is 15.7. The average Bonchev–Trinajstić information content (AvgIpc) is 2.69. The summed E-state index contributed by atoms with van der Waals surface area (Å²) in [7, 11) is 0. The van der Waals surface area contributed by atoms with Gasteiger partial charge in [0.25, 0.3) is 0 Å². The summed E-state index contributed by atoms with van der Waals surface area (Å²) in [5, 5.41) is 11.2. The normalized spacial score (nSPS) is 15.7. The summed E-state index contributed by atoms with van der Waals surface area (Å²) in [6.07, 6.45) is -4.51.